The highest BCUT2D eigenvalue weighted by Gasteiger charge is 2.33. The van der Waals surface area contributed by atoms with E-state index >= 15 is 0 Å². The van der Waals surface area contributed by atoms with E-state index < -0.39 is 15.8 Å². The summed E-state index contributed by atoms with van der Waals surface area (Å²) in [5.74, 6) is -0.952. The van der Waals surface area contributed by atoms with Gasteiger partial charge >= 0.3 is 0 Å². The molecule has 2 rings (SSSR count). The van der Waals surface area contributed by atoms with Crippen molar-refractivity contribution in [1.29, 1.82) is 0 Å². The van der Waals surface area contributed by atoms with Crippen LogP contribution in [0.1, 0.15) is 25.3 Å². The van der Waals surface area contributed by atoms with Gasteiger partial charge in [0.2, 0.25) is 15.9 Å². The first-order chi connectivity index (χ1) is 10.4. The predicted octanol–water partition coefficient (Wildman–Crippen LogP) is 1.67. The summed E-state index contributed by atoms with van der Waals surface area (Å²) in [7, 11) is -3.85. The minimum Gasteiger partial charge on any atom is -0.356 e. The third kappa shape index (κ3) is 3.47. The van der Waals surface area contributed by atoms with E-state index in [0.717, 1.165) is 0 Å². The molecule has 1 aliphatic heterocycles. The summed E-state index contributed by atoms with van der Waals surface area (Å²) in [5.41, 5.74) is 0.692. The van der Waals surface area contributed by atoms with E-state index in [1.54, 1.807) is 6.92 Å². The van der Waals surface area contributed by atoms with Crippen molar-refractivity contribution in [2.45, 2.75) is 31.6 Å². The van der Waals surface area contributed by atoms with E-state index in [4.69, 9.17) is 0 Å². The van der Waals surface area contributed by atoms with Crippen molar-refractivity contribution in [3.8, 4) is 0 Å². The van der Waals surface area contributed by atoms with Crippen molar-refractivity contribution in [2.75, 3.05) is 19.6 Å². The first-order valence-electron chi connectivity index (χ1n) is 7.40. The molecule has 0 spiro atoms. The number of aryl methyl sites for hydroxylation is 1. The average Bonchev–Trinajstić information content (AvgIpc) is 2.50. The summed E-state index contributed by atoms with van der Waals surface area (Å²) in [5, 5.41) is 2.75. The number of nitrogens with zero attached hydrogens (tertiary/aromatic N) is 1. The lowest BCUT2D eigenvalue weighted by Gasteiger charge is -2.30. The smallest absolute Gasteiger partial charge is 0.245 e. The van der Waals surface area contributed by atoms with Crippen LogP contribution in [0.2, 0.25) is 0 Å². The Balaban J connectivity index is 2.13. The molecule has 0 aromatic heterocycles. The van der Waals surface area contributed by atoms with Crippen LogP contribution < -0.4 is 5.32 Å². The van der Waals surface area contributed by atoms with Crippen LogP contribution in [0.25, 0.3) is 0 Å². The summed E-state index contributed by atoms with van der Waals surface area (Å²) >= 11 is 0. The van der Waals surface area contributed by atoms with Crippen molar-refractivity contribution < 1.29 is 17.6 Å². The molecule has 1 heterocycles. The fraction of sp³-hybridized carbons (Fsp3) is 0.533. The summed E-state index contributed by atoms with van der Waals surface area (Å²) in [6.07, 6.45) is 0.914. The third-order valence-corrected chi connectivity index (χ3v) is 5.79. The van der Waals surface area contributed by atoms with Crippen LogP contribution in [0, 0.1) is 18.7 Å². The highest BCUT2D eigenvalue weighted by molar-refractivity contribution is 7.89. The minimum absolute atomic E-state index is 0.0405. The molecule has 0 saturated carbocycles. The van der Waals surface area contributed by atoms with Crippen LogP contribution in [0.5, 0.6) is 0 Å². The Kier molecular flexibility index (Phi) is 5.18. The van der Waals surface area contributed by atoms with Crippen LogP contribution >= 0.6 is 0 Å². The molecular weight excluding hydrogens is 307 g/mol. The van der Waals surface area contributed by atoms with Crippen molar-refractivity contribution in [1.82, 2.24) is 9.62 Å². The van der Waals surface area contributed by atoms with Gasteiger partial charge in [0.1, 0.15) is 10.7 Å². The van der Waals surface area contributed by atoms with Gasteiger partial charge in [-0.1, -0.05) is 6.07 Å². The van der Waals surface area contributed by atoms with Gasteiger partial charge in [-0.05, 0) is 44.4 Å². The highest BCUT2D eigenvalue weighted by Crippen LogP contribution is 2.26. The van der Waals surface area contributed by atoms with Crippen LogP contribution in [0.3, 0.4) is 0 Å². The van der Waals surface area contributed by atoms with E-state index in [1.807, 2.05) is 6.92 Å². The van der Waals surface area contributed by atoms with Gasteiger partial charge in [0.15, 0.2) is 0 Å². The maximum atomic E-state index is 13.9. The third-order valence-electron chi connectivity index (χ3n) is 3.88. The monoisotopic (exact) mass is 328 g/mol. The number of hydrogen-bond acceptors (Lipinski definition) is 3. The van der Waals surface area contributed by atoms with Crippen LogP contribution in [-0.2, 0) is 14.8 Å². The summed E-state index contributed by atoms with van der Waals surface area (Å²) in [6, 6.07) is 4.06. The van der Waals surface area contributed by atoms with Gasteiger partial charge in [-0.3, -0.25) is 4.79 Å². The minimum atomic E-state index is -3.85. The molecule has 0 radical (unpaired) electrons. The Morgan fingerprint density at radius 2 is 2.00 bits per heavy atom. The number of nitrogens with one attached hydrogen (secondary N) is 1. The van der Waals surface area contributed by atoms with Gasteiger partial charge in [0.25, 0.3) is 0 Å². The molecule has 1 aromatic carbocycles. The topological polar surface area (TPSA) is 66.5 Å². The van der Waals surface area contributed by atoms with Crippen molar-refractivity contribution in [3.63, 3.8) is 0 Å². The first-order valence-corrected chi connectivity index (χ1v) is 8.84. The number of carbonyl (C=O) groups excluding carboxylic acids is 1. The second-order valence-electron chi connectivity index (χ2n) is 5.51. The van der Waals surface area contributed by atoms with E-state index in [1.165, 1.54) is 22.5 Å². The lowest BCUT2D eigenvalue weighted by molar-refractivity contribution is -0.126. The number of carbonyl (C=O) groups is 1. The van der Waals surface area contributed by atoms with E-state index in [9.17, 15) is 17.6 Å². The van der Waals surface area contributed by atoms with Crippen molar-refractivity contribution >= 4 is 15.9 Å². The van der Waals surface area contributed by atoms with Gasteiger partial charge in [0.05, 0.1) is 0 Å². The molecule has 0 aliphatic carbocycles. The number of piperidine rings is 1. The number of halogens is 1. The van der Waals surface area contributed by atoms with Gasteiger partial charge in [-0.25, -0.2) is 12.8 Å². The molecule has 1 amide bonds. The van der Waals surface area contributed by atoms with E-state index in [2.05, 4.69) is 5.32 Å². The Bertz CT molecular complexity index is 653. The molecule has 7 heteroatoms. The molecule has 1 fully saturated rings. The fourth-order valence-corrected chi connectivity index (χ4v) is 4.24. The summed E-state index contributed by atoms with van der Waals surface area (Å²) in [6.45, 7) is 4.60. The molecule has 0 unspecified atom stereocenters. The molecule has 1 saturated heterocycles. The normalized spacial score (nSPS) is 17.4. The Hall–Kier alpha value is -1.47. The largest absolute Gasteiger partial charge is 0.356 e. The van der Waals surface area contributed by atoms with Gasteiger partial charge in [0, 0.05) is 25.6 Å². The van der Waals surface area contributed by atoms with E-state index in [-0.39, 0.29) is 29.8 Å². The molecule has 1 N–H and O–H groups in total. The molecule has 22 heavy (non-hydrogen) atoms. The lowest BCUT2D eigenvalue weighted by atomic mass is 9.97. The summed E-state index contributed by atoms with van der Waals surface area (Å²) < 4.78 is 40.2. The number of benzene rings is 1. The molecule has 0 atom stereocenters. The van der Waals surface area contributed by atoms with E-state index in [0.29, 0.717) is 24.9 Å². The van der Waals surface area contributed by atoms with Crippen molar-refractivity contribution in [2.24, 2.45) is 5.92 Å². The molecule has 1 aromatic rings. The standard InChI is InChI=1S/C15H21FN2O3S/c1-3-17-15(19)12-6-8-18(9-7-12)22(20,21)14-10-11(2)4-5-13(14)16/h4-5,10,12H,3,6-9H2,1-2H3,(H,17,19). The van der Waals surface area contributed by atoms with Gasteiger partial charge < -0.3 is 5.32 Å². The molecule has 5 nitrogen and oxygen atoms in total. The Labute approximate surface area is 130 Å². The molecular formula is C15H21FN2O3S. The molecule has 1 aliphatic rings. The number of hydrogen-bond donors (Lipinski definition) is 1. The maximum absolute atomic E-state index is 13.9. The zero-order valence-electron chi connectivity index (χ0n) is 12.8. The zero-order valence-corrected chi connectivity index (χ0v) is 13.6. The number of rotatable bonds is 4. The quantitative estimate of drug-likeness (QED) is 0.914. The lowest BCUT2D eigenvalue weighted by Crippen LogP contribution is -2.43. The predicted molar refractivity (Wildman–Crippen MR) is 81.3 cm³/mol. The van der Waals surface area contributed by atoms with Gasteiger partial charge in [-0.2, -0.15) is 4.31 Å². The Morgan fingerprint density at radius 1 is 1.36 bits per heavy atom. The average molecular weight is 328 g/mol. The van der Waals surface area contributed by atoms with Crippen LogP contribution in [-0.4, -0.2) is 38.3 Å². The first kappa shape index (κ1) is 16.9. The van der Waals surface area contributed by atoms with Crippen LogP contribution in [0.4, 0.5) is 4.39 Å². The SMILES string of the molecule is CCNC(=O)C1CCN(S(=O)(=O)c2cc(C)ccc2F)CC1. The fourth-order valence-electron chi connectivity index (χ4n) is 2.62. The zero-order chi connectivity index (χ0) is 16.3. The number of sulfonamides is 1. The second-order valence-corrected chi connectivity index (χ2v) is 7.41. The Morgan fingerprint density at radius 3 is 2.59 bits per heavy atom. The second kappa shape index (κ2) is 6.75. The van der Waals surface area contributed by atoms with Gasteiger partial charge in [-0.15, -0.1) is 0 Å². The number of amides is 1. The molecule has 122 valence electrons. The maximum Gasteiger partial charge on any atom is 0.245 e. The summed E-state index contributed by atoms with van der Waals surface area (Å²) in [4.78, 5) is 11.5. The highest BCUT2D eigenvalue weighted by atomic mass is 32.2. The van der Waals surface area contributed by atoms with Crippen molar-refractivity contribution in [3.05, 3.63) is 29.6 Å². The molecule has 0 bridgehead atoms. The van der Waals surface area contributed by atoms with Crippen LogP contribution in [0.15, 0.2) is 23.1 Å².